The number of hydrogen-bond donors (Lipinski definition) is 1. The summed E-state index contributed by atoms with van der Waals surface area (Å²) in [5, 5.41) is 7.01. The zero-order chi connectivity index (χ0) is 14.7. The van der Waals surface area contributed by atoms with Crippen LogP contribution in [0.1, 0.15) is 39.8 Å². The van der Waals surface area contributed by atoms with E-state index in [9.17, 15) is 4.79 Å². The summed E-state index contributed by atoms with van der Waals surface area (Å²) in [6.45, 7) is 6.01. The summed E-state index contributed by atoms with van der Waals surface area (Å²) < 4.78 is 4.90. The van der Waals surface area contributed by atoms with Gasteiger partial charge in [-0.05, 0) is 55.1 Å². The van der Waals surface area contributed by atoms with Crippen molar-refractivity contribution >= 4 is 39.1 Å². The largest absolute Gasteiger partial charge is 0.321 e. The number of carbonyl (C=O) groups is 1. The van der Waals surface area contributed by atoms with E-state index in [4.69, 9.17) is 0 Å². The van der Waals surface area contributed by atoms with Crippen molar-refractivity contribution in [2.24, 2.45) is 0 Å². The summed E-state index contributed by atoms with van der Waals surface area (Å²) in [5.74, 6) is -0.128. The van der Waals surface area contributed by atoms with Gasteiger partial charge in [-0.25, -0.2) is 0 Å². The molecule has 0 saturated heterocycles. The van der Waals surface area contributed by atoms with Crippen molar-refractivity contribution in [2.45, 2.75) is 33.6 Å². The van der Waals surface area contributed by atoms with Gasteiger partial charge in [0.25, 0.3) is 5.91 Å². The first kappa shape index (κ1) is 15.1. The van der Waals surface area contributed by atoms with Gasteiger partial charge in [-0.3, -0.25) is 4.79 Å². The number of aromatic nitrogens is 2. The number of rotatable bonds is 4. The van der Waals surface area contributed by atoms with E-state index in [-0.39, 0.29) is 5.91 Å². The number of nitrogens with one attached hydrogen (secondary N) is 1. The van der Waals surface area contributed by atoms with Gasteiger partial charge in [-0.15, -0.1) is 5.10 Å². The lowest BCUT2D eigenvalue weighted by Gasteiger charge is -2.11. The predicted molar refractivity (Wildman–Crippen MR) is 85.5 cm³/mol. The Labute approximate surface area is 130 Å². The second kappa shape index (κ2) is 6.45. The van der Waals surface area contributed by atoms with E-state index in [2.05, 4.69) is 37.8 Å². The average Bonchev–Trinajstić information content (AvgIpc) is 2.82. The quantitative estimate of drug-likeness (QED) is 0.899. The highest BCUT2D eigenvalue weighted by Crippen LogP contribution is 2.26. The Morgan fingerprint density at radius 1 is 1.35 bits per heavy atom. The minimum absolute atomic E-state index is 0.128. The number of carbonyl (C=O) groups excluding carboxylic acids is 1. The van der Waals surface area contributed by atoms with Crippen molar-refractivity contribution < 1.29 is 4.79 Å². The zero-order valence-corrected chi connectivity index (χ0v) is 14.1. The molecule has 1 aromatic heterocycles. The van der Waals surface area contributed by atoms with Gasteiger partial charge in [0.15, 0.2) is 0 Å². The maximum atomic E-state index is 12.4. The van der Waals surface area contributed by atoms with Crippen molar-refractivity contribution in [3.63, 3.8) is 0 Å². The molecule has 0 bridgehead atoms. The minimum Gasteiger partial charge on any atom is -0.321 e. The van der Waals surface area contributed by atoms with Crippen molar-refractivity contribution in [3.05, 3.63) is 38.3 Å². The Bertz CT molecular complexity index is 616. The monoisotopic (exact) mass is 353 g/mol. The molecule has 6 heteroatoms. The van der Waals surface area contributed by atoms with Crippen molar-refractivity contribution in [3.8, 4) is 0 Å². The Morgan fingerprint density at radius 2 is 2.00 bits per heavy atom. The van der Waals surface area contributed by atoms with E-state index in [1.807, 2.05) is 26.0 Å². The number of hydrogen-bond acceptors (Lipinski definition) is 4. The molecule has 106 valence electrons. The molecule has 4 nitrogen and oxygen atoms in total. The van der Waals surface area contributed by atoms with E-state index in [0.29, 0.717) is 4.88 Å². The SMILES string of the molecule is CCCc1nnsc1C(=O)Nc1c(C)cc(Br)cc1C. The molecule has 1 N–H and O–H groups in total. The summed E-state index contributed by atoms with van der Waals surface area (Å²) >= 11 is 4.60. The van der Waals surface area contributed by atoms with E-state index < -0.39 is 0 Å². The molecule has 2 rings (SSSR count). The third-order valence-corrected chi connectivity index (χ3v) is 4.21. The van der Waals surface area contributed by atoms with Crippen LogP contribution in [0.3, 0.4) is 0 Å². The van der Waals surface area contributed by atoms with Crippen molar-refractivity contribution in [1.82, 2.24) is 9.59 Å². The molecular weight excluding hydrogens is 338 g/mol. The van der Waals surface area contributed by atoms with Crippen LogP contribution < -0.4 is 5.32 Å². The van der Waals surface area contributed by atoms with Gasteiger partial charge in [0.1, 0.15) is 4.88 Å². The van der Waals surface area contributed by atoms with Gasteiger partial charge in [-0.2, -0.15) is 0 Å². The predicted octanol–water partition coefficient (Wildman–Crippen LogP) is 4.12. The molecule has 2 aromatic rings. The second-order valence-corrected chi connectivity index (χ2v) is 6.34. The molecule has 1 amide bonds. The molecule has 1 heterocycles. The molecule has 0 unspecified atom stereocenters. The third kappa shape index (κ3) is 3.24. The normalized spacial score (nSPS) is 10.6. The first-order valence-electron chi connectivity index (χ1n) is 6.42. The highest BCUT2D eigenvalue weighted by Gasteiger charge is 2.17. The maximum absolute atomic E-state index is 12.4. The molecule has 0 saturated carbocycles. The number of nitrogens with zero attached hydrogens (tertiary/aromatic N) is 2. The number of halogens is 1. The number of benzene rings is 1. The van der Waals surface area contributed by atoms with Gasteiger partial charge >= 0.3 is 0 Å². The molecule has 0 spiro atoms. The molecule has 0 atom stereocenters. The van der Waals surface area contributed by atoms with Gasteiger partial charge in [0.05, 0.1) is 5.69 Å². The minimum atomic E-state index is -0.128. The van der Waals surface area contributed by atoms with Gasteiger partial charge in [0, 0.05) is 10.2 Å². The molecule has 1 aromatic carbocycles. The van der Waals surface area contributed by atoms with Gasteiger partial charge < -0.3 is 5.32 Å². The van der Waals surface area contributed by atoms with E-state index in [1.165, 1.54) is 0 Å². The first-order chi connectivity index (χ1) is 9.52. The van der Waals surface area contributed by atoms with Crippen LogP contribution >= 0.6 is 27.5 Å². The fraction of sp³-hybridized carbons (Fsp3) is 0.357. The summed E-state index contributed by atoms with van der Waals surface area (Å²) in [6, 6.07) is 3.97. The Morgan fingerprint density at radius 3 is 2.60 bits per heavy atom. The van der Waals surface area contributed by atoms with E-state index >= 15 is 0 Å². The topological polar surface area (TPSA) is 54.9 Å². The lowest BCUT2D eigenvalue weighted by molar-refractivity contribution is 0.102. The van der Waals surface area contributed by atoms with Crippen LogP contribution in [0.2, 0.25) is 0 Å². The van der Waals surface area contributed by atoms with Gasteiger partial charge in [0.2, 0.25) is 0 Å². The first-order valence-corrected chi connectivity index (χ1v) is 7.99. The highest BCUT2D eigenvalue weighted by molar-refractivity contribution is 9.10. The average molecular weight is 354 g/mol. The molecule has 0 aliphatic heterocycles. The highest BCUT2D eigenvalue weighted by atomic mass is 79.9. The lowest BCUT2D eigenvalue weighted by Crippen LogP contribution is -2.14. The van der Waals surface area contributed by atoms with Crippen LogP contribution in [-0.4, -0.2) is 15.5 Å². The van der Waals surface area contributed by atoms with E-state index in [1.54, 1.807) is 0 Å². The second-order valence-electron chi connectivity index (χ2n) is 4.67. The van der Waals surface area contributed by atoms with Crippen LogP contribution in [-0.2, 0) is 6.42 Å². The fourth-order valence-corrected chi connectivity index (χ4v) is 3.35. The lowest BCUT2D eigenvalue weighted by atomic mass is 10.1. The number of amides is 1. The van der Waals surface area contributed by atoms with Gasteiger partial charge in [-0.1, -0.05) is 33.8 Å². The standard InChI is InChI=1S/C14H16BrN3OS/c1-4-5-11-13(20-18-17-11)14(19)16-12-8(2)6-10(15)7-9(12)3/h6-7H,4-5H2,1-3H3,(H,16,19). The molecular formula is C14H16BrN3OS. The number of anilines is 1. The molecule has 0 radical (unpaired) electrons. The summed E-state index contributed by atoms with van der Waals surface area (Å²) in [6.07, 6.45) is 1.72. The maximum Gasteiger partial charge on any atom is 0.269 e. The molecule has 0 aliphatic rings. The summed E-state index contributed by atoms with van der Waals surface area (Å²) in [7, 11) is 0. The Balaban J connectivity index is 2.26. The van der Waals surface area contributed by atoms with Crippen molar-refractivity contribution in [2.75, 3.05) is 5.32 Å². The Hall–Kier alpha value is -1.27. The molecule has 0 aliphatic carbocycles. The van der Waals surface area contributed by atoms with Crippen LogP contribution in [0.5, 0.6) is 0 Å². The van der Waals surface area contributed by atoms with Crippen LogP contribution in [0.15, 0.2) is 16.6 Å². The summed E-state index contributed by atoms with van der Waals surface area (Å²) in [5.41, 5.74) is 3.69. The van der Waals surface area contributed by atoms with Crippen LogP contribution in [0.25, 0.3) is 0 Å². The zero-order valence-electron chi connectivity index (χ0n) is 11.7. The summed E-state index contributed by atoms with van der Waals surface area (Å²) in [4.78, 5) is 13.0. The molecule has 0 fully saturated rings. The number of aryl methyl sites for hydroxylation is 3. The van der Waals surface area contributed by atoms with Crippen molar-refractivity contribution in [1.29, 1.82) is 0 Å². The van der Waals surface area contributed by atoms with E-state index in [0.717, 1.165) is 51.4 Å². The Kier molecular flexibility index (Phi) is 4.88. The molecule has 20 heavy (non-hydrogen) atoms. The fourth-order valence-electron chi connectivity index (χ4n) is 2.06. The smallest absolute Gasteiger partial charge is 0.269 e. The van der Waals surface area contributed by atoms with Crippen LogP contribution in [0.4, 0.5) is 5.69 Å². The van der Waals surface area contributed by atoms with Crippen LogP contribution in [0, 0.1) is 13.8 Å². The third-order valence-electron chi connectivity index (χ3n) is 2.98.